The van der Waals surface area contributed by atoms with Crippen LogP contribution in [0.2, 0.25) is 5.02 Å². The van der Waals surface area contributed by atoms with Crippen LogP contribution < -0.4 is 10.1 Å². The van der Waals surface area contributed by atoms with Gasteiger partial charge in [0.05, 0.1) is 5.92 Å². The summed E-state index contributed by atoms with van der Waals surface area (Å²) in [7, 11) is 0. The zero-order valence-corrected chi connectivity index (χ0v) is 15.2. The highest BCUT2D eigenvalue weighted by atomic mass is 35.5. The zero-order valence-electron chi connectivity index (χ0n) is 14.5. The minimum atomic E-state index is -0.444. The molecule has 0 unspecified atom stereocenters. The summed E-state index contributed by atoms with van der Waals surface area (Å²) >= 11 is 6.49. The van der Waals surface area contributed by atoms with Crippen LogP contribution in [-0.2, 0) is 4.79 Å². The topological polar surface area (TPSA) is 62.1 Å². The third-order valence-electron chi connectivity index (χ3n) is 4.59. The number of nitriles is 1. The average Bonchev–Trinajstić information content (AvgIpc) is 2.67. The number of halogens is 1. The van der Waals surface area contributed by atoms with E-state index in [9.17, 15) is 10.1 Å². The van der Waals surface area contributed by atoms with Gasteiger partial charge in [-0.2, -0.15) is 5.26 Å². The molecule has 1 atom stereocenters. The fourth-order valence-electron chi connectivity index (χ4n) is 3.49. The van der Waals surface area contributed by atoms with Crippen molar-refractivity contribution >= 4 is 28.3 Å². The molecule has 0 spiro atoms. The molecule has 0 fully saturated rings. The molecule has 1 N–H and O–H groups in total. The molecule has 0 radical (unpaired) electrons. The summed E-state index contributed by atoms with van der Waals surface area (Å²) in [6.07, 6.45) is 0. The summed E-state index contributed by atoms with van der Waals surface area (Å²) in [4.78, 5) is 11.6. The molecule has 1 heterocycles. The molecule has 3 aromatic carbocycles. The smallest absolute Gasteiger partial charge is 0.223 e. The van der Waals surface area contributed by atoms with E-state index in [1.54, 1.807) is 6.07 Å². The van der Waals surface area contributed by atoms with Gasteiger partial charge in [-0.1, -0.05) is 60.1 Å². The zero-order chi connectivity index (χ0) is 19.0. The van der Waals surface area contributed by atoms with Crippen molar-refractivity contribution in [3.8, 4) is 11.8 Å². The number of nitrogens with one attached hydrogen (secondary N) is 1. The molecule has 27 heavy (non-hydrogen) atoms. The number of nitrogens with zero attached hydrogens (tertiary/aromatic N) is 1. The second kappa shape index (κ2) is 6.79. The van der Waals surface area contributed by atoms with Crippen LogP contribution in [0.15, 0.2) is 72.1 Å². The Morgan fingerprint density at radius 1 is 1.11 bits per heavy atom. The van der Waals surface area contributed by atoms with E-state index in [4.69, 9.17) is 16.3 Å². The minimum absolute atomic E-state index is 0.151. The maximum Gasteiger partial charge on any atom is 0.223 e. The van der Waals surface area contributed by atoms with Crippen molar-refractivity contribution in [3.05, 3.63) is 88.3 Å². The summed E-state index contributed by atoms with van der Waals surface area (Å²) < 4.78 is 5.93. The van der Waals surface area contributed by atoms with Gasteiger partial charge >= 0.3 is 0 Å². The Labute approximate surface area is 161 Å². The number of rotatable bonds is 2. The predicted molar refractivity (Wildman–Crippen MR) is 104 cm³/mol. The van der Waals surface area contributed by atoms with Crippen molar-refractivity contribution in [3.63, 3.8) is 0 Å². The van der Waals surface area contributed by atoms with Gasteiger partial charge in [0.25, 0.3) is 0 Å². The second-order valence-corrected chi connectivity index (χ2v) is 6.70. The Kier molecular flexibility index (Phi) is 4.31. The SMILES string of the molecule is CC(=O)NC1=C(C#N)[C@H](c2ccccc2Cl)c2c(ccc3ccccc23)O1. The van der Waals surface area contributed by atoms with E-state index < -0.39 is 5.92 Å². The van der Waals surface area contributed by atoms with Gasteiger partial charge in [-0.25, -0.2) is 0 Å². The molecule has 1 amide bonds. The van der Waals surface area contributed by atoms with E-state index in [0.717, 1.165) is 21.9 Å². The molecule has 1 aliphatic heterocycles. The number of carbonyl (C=O) groups excluding carboxylic acids is 1. The first-order valence-electron chi connectivity index (χ1n) is 8.46. The molecule has 0 saturated carbocycles. The van der Waals surface area contributed by atoms with E-state index in [1.165, 1.54) is 6.92 Å². The molecular weight excluding hydrogens is 360 g/mol. The number of fused-ring (bicyclic) bond motifs is 3. The van der Waals surface area contributed by atoms with Crippen molar-refractivity contribution in [1.82, 2.24) is 5.32 Å². The maximum absolute atomic E-state index is 11.6. The Bertz CT molecular complexity index is 1140. The lowest BCUT2D eigenvalue weighted by molar-refractivity contribution is -0.118. The fraction of sp³-hybridized carbons (Fsp3) is 0.0909. The second-order valence-electron chi connectivity index (χ2n) is 6.29. The standard InChI is InChI=1S/C22H15ClN2O2/c1-13(26)25-22-17(12-24)20(16-8-4-5-9-18(16)23)21-15-7-3-2-6-14(15)10-11-19(21)27-22/h2-11,20H,1H3,(H,25,26)/t20-/m0/s1. The van der Waals surface area contributed by atoms with Gasteiger partial charge in [0.2, 0.25) is 11.8 Å². The lowest BCUT2D eigenvalue weighted by atomic mass is 9.81. The number of hydrogen-bond acceptors (Lipinski definition) is 3. The van der Waals surface area contributed by atoms with E-state index in [1.807, 2.05) is 54.6 Å². The highest BCUT2D eigenvalue weighted by molar-refractivity contribution is 6.31. The molecule has 132 valence electrons. The molecular formula is C22H15ClN2O2. The largest absolute Gasteiger partial charge is 0.440 e. The van der Waals surface area contributed by atoms with Crippen LogP contribution in [0.5, 0.6) is 5.75 Å². The molecule has 0 aliphatic carbocycles. The van der Waals surface area contributed by atoms with E-state index >= 15 is 0 Å². The van der Waals surface area contributed by atoms with E-state index in [-0.39, 0.29) is 11.8 Å². The number of carbonyl (C=O) groups is 1. The molecule has 4 nitrogen and oxygen atoms in total. The van der Waals surface area contributed by atoms with Crippen LogP contribution in [0.25, 0.3) is 10.8 Å². The Morgan fingerprint density at radius 2 is 1.85 bits per heavy atom. The van der Waals surface area contributed by atoms with Gasteiger partial charge in [0.15, 0.2) is 0 Å². The van der Waals surface area contributed by atoms with Gasteiger partial charge in [-0.15, -0.1) is 0 Å². The quantitative estimate of drug-likeness (QED) is 0.694. The number of amides is 1. The first-order valence-corrected chi connectivity index (χ1v) is 8.83. The van der Waals surface area contributed by atoms with Crippen LogP contribution in [0.1, 0.15) is 24.0 Å². The normalized spacial score (nSPS) is 15.7. The molecule has 0 aromatic heterocycles. The first kappa shape index (κ1) is 17.1. The Hall–Kier alpha value is -3.29. The summed E-state index contributed by atoms with van der Waals surface area (Å²) in [5, 5.41) is 15.1. The van der Waals surface area contributed by atoms with Crippen molar-refractivity contribution in [2.24, 2.45) is 0 Å². The van der Waals surface area contributed by atoms with Gasteiger partial charge in [0.1, 0.15) is 17.4 Å². The van der Waals surface area contributed by atoms with Crippen LogP contribution in [0, 0.1) is 11.3 Å². The third-order valence-corrected chi connectivity index (χ3v) is 4.94. The minimum Gasteiger partial charge on any atom is -0.440 e. The molecule has 4 rings (SSSR count). The Balaban J connectivity index is 2.06. The number of benzene rings is 3. The predicted octanol–water partition coefficient (Wildman–Crippen LogP) is 4.89. The monoisotopic (exact) mass is 374 g/mol. The van der Waals surface area contributed by atoms with Crippen LogP contribution >= 0.6 is 11.6 Å². The average molecular weight is 375 g/mol. The first-order chi connectivity index (χ1) is 13.1. The molecule has 1 aliphatic rings. The van der Waals surface area contributed by atoms with Gasteiger partial charge < -0.3 is 4.74 Å². The van der Waals surface area contributed by atoms with Gasteiger partial charge in [0, 0.05) is 17.5 Å². The lowest BCUT2D eigenvalue weighted by Crippen LogP contribution is -2.29. The fourth-order valence-corrected chi connectivity index (χ4v) is 3.74. The van der Waals surface area contributed by atoms with Gasteiger partial charge in [-0.3, -0.25) is 10.1 Å². The highest BCUT2D eigenvalue weighted by Crippen LogP contribution is 2.47. The summed E-state index contributed by atoms with van der Waals surface area (Å²) in [5.74, 6) is -0.000585. The molecule has 5 heteroatoms. The van der Waals surface area contributed by atoms with Crippen LogP contribution in [0.3, 0.4) is 0 Å². The maximum atomic E-state index is 11.6. The summed E-state index contributed by atoms with van der Waals surface area (Å²) in [6, 6.07) is 21.4. The van der Waals surface area contributed by atoms with Crippen LogP contribution in [-0.4, -0.2) is 5.91 Å². The van der Waals surface area contributed by atoms with Gasteiger partial charge in [-0.05, 0) is 28.5 Å². The summed E-state index contributed by atoms with van der Waals surface area (Å²) in [5.41, 5.74) is 1.98. The molecule has 0 bridgehead atoms. The van der Waals surface area contributed by atoms with Crippen LogP contribution in [0.4, 0.5) is 0 Å². The summed E-state index contributed by atoms with van der Waals surface area (Å²) in [6.45, 7) is 1.38. The van der Waals surface area contributed by atoms with Crippen molar-refractivity contribution < 1.29 is 9.53 Å². The van der Waals surface area contributed by atoms with Crippen molar-refractivity contribution in [2.45, 2.75) is 12.8 Å². The number of ether oxygens (including phenoxy) is 1. The van der Waals surface area contributed by atoms with Crippen molar-refractivity contribution in [2.75, 3.05) is 0 Å². The lowest BCUT2D eigenvalue weighted by Gasteiger charge is -2.29. The molecule has 0 saturated heterocycles. The van der Waals surface area contributed by atoms with Crippen molar-refractivity contribution in [1.29, 1.82) is 5.26 Å². The van der Waals surface area contributed by atoms with E-state index in [2.05, 4.69) is 11.4 Å². The number of allylic oxidation sites excluding steroid dienone is 1. The third kappa shape index (κ3) is 2.92. The Morgan fingerprint density at radius 3 is 2.59 bits per heavy atom. The number of hydrogen-bond donors (Lipinski definition) is 1. The highest BCUT2D eigenvalue weighted by Gasteiger charge is 2.34. The molecule has 3 aromatic rings. The van der Waals surface area contributed by atoms with E-state index in [0.29, 0.717) is 16.3 Å².